The monoisotopic (exact) mass is 371 g/mol. The second-order valence-corrected chi connectivity index (χ2v) is 6.54. The summed E-state index contributed by atoms with van der Waals surface area (Å²) < 4.78 is 10.7. The summed E-state index contributed by atoms with van der Waals surface area (Å²) in [6.07, 6.45) is 3.22. The lowest BCUT2D eigenvalue weighted by Gasteiger charge is -2.35. The highest BCUT2D eigenvalue weighted by Gasteiger charge is 2.29. The van der Waals surface area contributed by atoms with Crippen LogP contribution in [0.4, 0.5) is 0 Å². The molecule has 7 nitrogen and oxygen atoms in total. The quantitative estimate of drug-likeness (QED) is 0.557. The van der Waals surface area contributed by atoms with Gasteiger partial charge in [0.05, 0.1) is 0 Å². The zero-order valence-corrected chi connectivity index (χ0v) is 15.4. The number of rotatable bonds is 6. The van der Waals surface area contributed by atoms with Crippen LogP contribution in [0.2, 0.25) is 0 Å². The first-order valence-corrected chi connectivity index (χ1v) is 9.03. The molecular formula is C20H25N3O4. The third-order valence-electron chi connectivity index (χ3n) is 4.67. The van der Waals surface area contributed by atoms with Gasteiger partial charge in [0.15, 0.2) is 11.5 Å². The van der Waals surface area contributed by atoms with Gasteiger partial charge in [0.25, 0.3) is 0 Å². The molecule has 0 radical (unpaired) electrons. The highest BCUT2D eigenvalue weighted by molar-refractivity contribution is 6.35. The van der Waals surface area contributed by atoms with Gasteiger partial charge < -0.3 is 19.3 Å². The number of hydrogen-bond acceptors (Lipinski definition) is 5. The van der Waals surface area contributed by atoms with Gasteiger partial charge in [-0.1, -0.05) is 18.2 Å². The molecule has 1 fully saturated rings. The maximum Gasteiger partial charge on any atom is 0.312 e. The zero-order chi connectivity index (χ0) is 19.2. The molecule has 0 saturated carbocycles. The van der Waals surface area contributed by atoms with Crippen LogP contribution in [0.1, 0.15) is 5.56 Å². The molecule has 27 heavy (non-hydrogen) atoms. The standard InChI is InChI=1S/C20H25N3O4/c1-3-7-22(8-4-2)19(24)20(25)23-11-9-21(10-12-23)14-16-5-6-17-18(13-16)27-15-26-17/h3-6,13H,1-2,7-12,14-15H2. The summed E-state index contributed by atoms with van der Waals surface area (Å²) in [7, 11) is 0. The lowest BCUT2D eigenvalue weighted by molar-refractivity contribution is -0.152. The molecule has 7 heteroatoms. The number of carbonyl (C=O) groups is 2. The Labute approximate surface area is 159 Å². The van der Waals surface area contributed by atoms with E-state index in [2.05, 4.69) is 18.1 Å². The van der Waals surface area contributed by atoms with Crippen LogP contribution in [-0.4, -0.2) is 72.6 Å². The molecule has 1 aromatic rings. The summed E-state index contributed by atoms with van der Waals surface area (Å²) in [4.78, 5) is 30.2. The van der Waals surface area contributed by atoms with E-state index in [-0.39, 0.29) is 6.79 Å². The van der Waals surface area contributed by atoms with E-state index in [0.717, 1.165) is 36.7 Å². The van der Waals surface area contributed by atoms with Crippen LogP contribution in [0, 0.1) is 0 Å². The van der Waals surface area contributed by atoms with Crippen molar-refractivity contribution in [1.82, 2.24) is 14.7 Å². The van der Waals surface area contributed by atoms with E-state index in [9.17, 15) is 9.59 Å². The van der Waals surface area contributed by atoms with E-state index >= 15 is 0 Å². The molecule has 0 unspecified atom stereocenters. The lowest BCUT2D eigenvalue weighted by Crippen LogP contribution is -2.53. The Morgan fingerprint density at radius 1 is 1.04 bits per heavy atom. The average molecular weight is 371 g/mol. The van der Waals surface area contributed by atoms with Crippen molar-refractivity contribution in [1.29, 1.82) is 0 Å². The van der Waals surface area contributed by atoms with Gasteiger partial charge in [0.1, 0.15) is 0 Å². The van der Waals surface area contributed by atoms with E-state index in [4.69, 9.17) is 9.47 Å². The Balaban J connectivity index is 1.52. The molecular weight excluding hydrogens is 346 g/mol. The van der Waals surface area contributed by atoms with Crippen LogP contribution in [0.15, 0.2) is 43.5 Å². The van der Waals surface area contributed by atoms with E-state index in [1.807, 2.05) is 18.2 Å². The minimum atomic E-state index is -0.501. The Kier molecular flexibility index (Phi) is 6.13. The summed E-state index contributed by atoms with van der Waals surface area (Å²) in [6, 6.07) is 5.94. The molecule has 2 aliphatic rings. The number of benzene rings is 1. The summed E-state index contributed by atoms with van der Waals surface area (Å²) >= 11 is 0. The van der Waals surface area contributed by atoms with Gasteiger partial charge in [-0.15, -0.1) is 13.2 Å². The van der Waals surface area contributed by atoms with Crippen molar-refractivity contribution in [3.8, 4) is 11.5 Å². The van der Waals surface area contributed by atoms with Crippen molar-refractivity contribution in [2.24, 2.45) is 0 Å². The zero-order valence-electron chi connectivity index (χ0n) is 15.4. The third-order valence-corrected chi connectivity index (χ3v) is 4.67. The van der Waals surface area contributed by atoms with Crippen molar-refractivity contribution >= 4 is 11.8 Å². The largest absolute Gasteiger partial charge is 0.454 e. The van der Waals surface area contributed by atoms with Crippen molar-refractivity contribution in [3.05, 3.63) is 49.1 Å². The Morgan fingerprint density at radius 3 is 2.37 bits per heavy atom. The Bertz CT molecular complexity index is 716. The van der Waals surface area contributed by atoms with Crippen molar-refractivity contribution in [3.63, 3.8) is 0 Å². The molecule has 3 rings (SSSR count). The second kappa shape index (κ2) is 8.73. The first-order chi connectivity index (χ1) is 13.1. The third kappa shape index (κ3) is 4.49. The van der Waals surface area contributed by atoms with Crippen LogP contribution < -0.4 is 9.47 Å². The number of nitrogens with zero attached hydrogens (tertiary/aromatic N) is 3. The van der Waals surface area contributed by atoms with Crippen LogP contribution in [0.5, 0.6) is 11.5 Å². The summed E-state index contributed by atoms with van der Waals surface area (Å²) in [6.45, 7) is 11.5. The van der Waals surface area contributed by atoms with Gasteiger partial charge in [0, 0.05) is 45.8 Å². The van der Waals surface area contributed by atoms with Crippen molar-refractivity contribution in [2.45, 2.75) is 6.54 Å². The fourth-order valence-electron chi connectivity index (χ4n) is 3.23. The van der Waals surface area contributed by atoms with Crippen molar-refractivity contribution < 1.29 is 19.1 Å². The van der Waals surface area contributed by atoms with Crippen LogP contribution in [0.25, 0.3) is 0 Å². The normalized spacial score (nSPS) is 16.1. The summed E-state index contributed by atoms with van der Waals surface area (Å²) in [5, 5.41) is 0. The molecule has 0 aliphatic carbocycles. The van der Waals surface area contributed by atoms with Gasteiger partial charge in [-0.25, -0.2) is 0 Å². The smallest absolute Gasteiger partial charge is 0.312 e. The van der Waals surface area contributed by atoms with E-state index in [1.54, 1.807) is 17.1 Å². The van der Waals surface area contributed by atoms with E-state index < -0.39 is 11.8 Å². The first-order valence-electron chi connectivity index (χ1n) is 9.03. The first kappa shape index (κ1) is 19.0. The molecule has 2 aliphatic heterocycles. The van der Waals surface area contributed by atoms with Crippen LogP contribution in [-0.2, 0) is 16.1 Å². The molecule has 1 saturated heterocycles. The maximum absolute atomic E-state index is 12.5. The molecule has 0 N–H and O–H groups in total. The highest BCUT2D eigenvalue weighted by Crippen LogP contribution is 2.32. The number of piperazine rings is 1. The van der Waals surface area contributed by atoms with Gasteiger partial charge in [0.2, 0.25) is 6.79 Å². The molecule has 0 aromatic heterocycles. The van der Waals surface area contributed by atoms with E-state index in [0.29, 0.717) is 26.2 Å². The van der Waals surface area contributed by atoms with Crippen LogP contribution in [0.3, 0.4) is 0 Å². The number of hydrogen-bond donors (Lipinski definition) is 0. The fraction of sp³-hybridized carbons (Fsp3) is 0.400. The van der Waals surface area contributed by atoms with Crippen LogP contribution >= 0.6 is 0 Å². The average Bonchev–Trinajstić information content (AvgIpc) is 3.15. The SMILES string of the molecule is C=CCN(CC=C)C(=O)C(=O)N1CCN(Cc2ccc3c(c2)OCO3)CC1. The highest BCUT2D eigenvalue weighted by atomic mass is 16.7. The Hall–Kier alpha value is -2.80. The van der Waals surface area contributed by atoms with E-state index in [1.165, 1.54) is 4.90 Å². The predicted molar refractivity (Wildman–Crippen MR) is 101 cm³/mol. The summed E-state index contributed by atoms with van der Waals surface area (Å²) in [5.74, 6) is 0.591. The summed E-state index contributed by atoms with van der Waals surface area (Å²) in [5.41, 5.74) is 1.14. The molecule has 0 atom stereocenters. The molecule has 2 heterocycles. The van der Waals surface area contributed by atoms with Gasteiger partial charge in [-0.2, -0.15) is 0 Å². The number of amides is 2. The van der Waals surface area contributed by atoms with Gasteiger partial charge >= 0.3 is 11.8 Å². The number of fused-ring (bicyclic) bond motifs is 1. The Morgan fingerprint density at radius 2 is 1.70 bits per heavy atom. The predicted octanol–water partition coefficient (Wildman–Crippen LogP) is 1.26. The van der Waals surface area contributed by atoms with Gasteiger partial charge in [-0.05, 0) is 17.7 Å². The second-order valence-electron chi connectivity index (χ2n) is 6.54. The topological polar surface area (TPSA) is 62.3 Å². The molecule has 2 amide bonds. The number of ether oxygens (including phenoxy) is 2. The molecule has 0 spiro atoms. The minimum absolute atomic E-state index is 0.266. The maximum atomic E-state index is 12.5. The molecule has 1 aromatic carbocycles. The lowest BCUT2D eigenvalue weighted by atomic mass is 10.1. The molecule has 144 valence electrons. The van der Waals surface area contributed by atoms with Crippen molar-refractivity contribution in [2.75, 3.05) is 46.1 Å². The minimum Gasteiger partial charge on any atom is -0.454 e. The number of carbonyl (C=O) groups excluding carboxylic acids is 2. The fourth-order valence-corrected chi connectivity index (χ4v) is 3.23. The van der Waals surface area contributed by atoms with Gasteiger partial charge in [-0.3, -0.25) is 14.5 Å². The molecule has 0 bridgehead atoms.